The summed E-state index contributed by atoms with van der Waals surface area (Å²) in [6, 6.07) is 0. The Hall–Kier alpha value is -3.18. The van der Waals surface area contributed by atoms with E-state index in [1.165, 1.54) is 38.5 Å². The van der Waals surface area contributed by atoms with Crippen molar-refractivity contribution >= 4 is 11.9 Å². The van der Waals surface area contributed by atoms with Gasteiger partial charge in [0.2, 0.25) is 0 Å². The van der Waals surface area contributed by atoms with Gasteiger partial charge in [0.1, 0.15) is 6.61 Å². The zero-order valence-corrected chi connectivity index (χ0v) is 34.9. The van der Waals surface area contributed by atoms with Crippen LogP contribution in [-0.4, -0.2) is 37.9 Å². The van der Waals surface area contributed by atoms with Gasteiger partial charge in [-0.1, -0.05) is 176 Å². The van der Waals surface area contributed by atoms with Crippen LogP contribution in [0.5, 0.6) is 0 Å². The summed E-state index contributed by atoms with van der Waals surface area (Å²) in [6.07, 6.45) is 58.6. The van der Waals surface area contributed by atoms with Crippen molar-refractivity contribution in [1.29, 1.82) is 0 Å². The second kappa shape index (κ2) is 44.2. The smallest absolute Gasteiger partial charge is 0.306 e. The third-order valence-corrected chi connectivity index (χ3v) is 8.63. The predicted molar refractivity (Wildman–Crippen MR) is 233 cm³/mol. The van der Waals surface area contributed by atoms with Gasteiger partial charge >= 0.3 is 11.9 Å². The van der Waals surface area contributed by atoms with Crippen LogP contribution in [0.2, 0.25) is 0 Å². The Morgan fingerprint density at radius 1 is 0.426 bits per heavy atom. The Bertz CT molecular complexity index is 1070. The van der Waals surface area contributed by atoms with Gasteiger partial charge < -0.3 is 14.2 Å². The molecule has 54 heavy (non-hydrogen) atoms. The maximum absolute atomic E-state index is 12.6. The van der Waals surface area contributed by atoms with Gasteiger partial charge in [0.25, 0.3) is 0 Å². The number of unbranched alkanes of at least 4 members (excludes halogenated alkanes) is 11. The molecule has 1 unspecified atom stereocenters. The van der Waals surface area contributed by atoms with Crippen molar-refractivity contribution in [3.63, 3.8) is 0 Å². The van der Waals surface area contributed by atoms with E-state index in [-0.39, 0.29) is 25.2 Å². The molecule has 0 radical (unpaired) electrons. The van der Waals surface area contributed by atoms with Gasteiger partial charge in [-0.25, -0.2) is 0 Å². The molecule has 0 amide bonds. The SMILES string of the molecule is CC/C=C\C/C=C\C/C=C\C/C=C\C/C=C\CCOCC(COC(=O)CCCCC/C=C\C/C=C\C/C=C\CC)OC(=O)CCCCCCCCCCC. The lowest BCUT2D eigenvalue weighted by Gasteiger charge is -2.18. The van der Waals surface area contributed by atoms with Gasteiger partial charge in [-0.15, -0.1) is 0 Å². The number of hydrogen-bond acceptors (Lipinski definition) is 5. The molecule has 0 fully saturated rings. The molecule has 0 aliphatic carbocycles. The van der Waals surface area contributed by atoms with Crippen LogP contribution >= 0.6 is 0 Å². The van der Waals surface area contributed by atoms with Crippen molar-refractivity contribution in [2.24, 2.45) is 0 Å². The highest BCUT2D eigenvalue weighted by atomic mass is 16.6. The molecule has 0 aromatic heterocycles. The molecular formula is C49H80O5. The first kappa shape index (κ1) is 50.8. The highest BCUT2D eigenvalue weighted by Gasteiger charge is 2.17. The lowest BCUT2D eigenvalue weighted by Crippen LogP contribution is -2.30. The molecule has 0 aromatic rings. The first-order valence-electron chi connectivity index (χ1n) is 21.8. The van der Waals surface area contributed by atoms with E-state index in [4.69, 9.17) is 14.2 Å². The van der Waals surface area contributed by atoms with E-state index in [0.717, 1.165) is 103 Å². The van der Waals surface area contributed by atoms with Crippen molar-refractivity contribution in [3.8, 4) is 0 Å². The summed E-state index contributed by atoms with van der Waals surface area (Å²) in [5.41, 5.74) is 0. The minimum Gasteiger partial charge on any atom is -0.462 e. The minimum absolute atomic E-state index is 0.0362. The second-order valence-corrected chi connectivity index (χ2v) is 13.8. The topological polar surface area (TPSA) is 61.8 Å². The molecule has 5 nitrogen and oxygen atoms in total. The Balaban J connectivity index is 4.41. The summed E-state index contributed by atoms with van der Waals surface area (Å²) in [5, 5.41) is 0. The zero-order valence-electron chi connectivity index (χ0n) is 34.9. The summed E-state index contributed by atoms with van der Waals surface area (Å²) in [4.78, 5) is 25.1. The number of rotatable bonds is 38. The lowest BCUT2D eigenvalue weighted by molar-refractivity contribution is -0.162. The van der Waals surface area contributed by atoms with Crippen molar-refractivity contribution in [2.45, 2.75) is 181 Å². The third kappa shape index (κ3) is 41.6. The number of carbonyl (C=O) groups is 2. The van der Waals surface area contributed by atoms with Gasteiger partial charge in [-0.3, -0.25) is 9.59 Å². The number of esters is 2. The summed E-state index contributed by atoms with van der Waals surface area (Å²) in [7, 11) is 0. The molecule has 0 saturated heterocycles. The molecule has 0 N–H and O–H groups in total. The molecule has 0 heterocycles. The highest BCUT2D eigenvalue weighted by Crippen LogP contribution is 2.12. The van der Waals surface area contributed by atoms with Crippen LogP contribution < -0.4 is 0 Å². The van der Waals surface area contributed by atoms with Crippen molar-refractivity contribution < 1.29 is 23.8 Å². The minimum atomic E-state index is -0.588. The van der Waals surface area contributed by atoms with Gasteiger partial charge in [0.15, 0.2) is 6.10 Å². The Kier molecular flexibility index (Phi) is 41.6. The molecule has 0 aliphatic heterocycles. The Morgan fingerprint density at radius 2 is 0.833 bits per heavy atom. The standard InChI is InChI=1S/C49H80O5/c1-4-7-10-13-16-19-21-23-24-25-27-29-32-35-38-41-44-52-45-47(54-49(51)43-40-37-34-30-18-15-12-9-6-3)46-53-48(50)42-39-36-33-31-28-26-22-20-17-14-11-8-5-2/h7-8,10-11,16-17,19-20,23-24,26-29,35,38,47H,4-6,9,12-15,18,21-22,25,30-34,36-37,39-46H2,1-3H3/b10-7-,11-8-,19-16-,20-17-,24-23-,28-26-,29-27-,38-35-. The van der Waals surface area contributed by atoms with E-state index in [9.17, 15) is 9.59 Å². The van der Waals surface area contributed by atoms with Crippen LogP contribution in [0, 0.1) is 0 Å². The molecular weight excluding hydrogens is 669 g/mol. The average Bonchev–Trinajstić information content (AvgIpc) is 3.17. The quantitative estimate of drug-likeness (QED) is 0.0357. The van der Waals surface area contributed by atoms with Crippen LogP contribution in [0.4, 0.5) is 0 Å². The van der Waals surface area contributed by atoms with Gasteiger partial charge in [-0.05, 0) is 83.5 Å². The second-order valence-electron chi connectivity index (χ2n) is 13.8. The van der Waals surface area contributed by atoms with E-state index >= 15 is 0 Å². The van der Waals surface area contributed by atoms with Crippen molar-refractivity contribution in [2.75, 3.05) is 19.8 Å². The molecule has 0 saturated carbocycles. The van der Waals surface area contributed by atoms with E-state index in [1.54, 1.807) is 0 Å². The van der Waals surface area contributed by atoms with Crippen molar-refractivity contribution in [1.82, 2.24) is 0 Å². The van der Waals surface area contributed by atoms with E-state index in [2.05, 4.69) is 118 Å². The fourth-order valence-electron chi connectivity index (χ4n) is 5.47. The van der Waals surface area contributed by atoms with Gasteiger partial charge in [-0.2, -0.15) is 0 Å². The molecule has 0 rings (SSSR count). The van der Waals surface area contributed by atoms with Gasteiger partial charge in [0, 0.05) is 12.8 Å². The van der Waals surface area contributed by atoms with E-state index < -0.39 is 6.10 Å². The molecule has 1 atom stereocenters. The van der Waals surface area contributed by atoms with E-state index in [0.29, 0.717) is 19.4 Å². The average molecular weight is 749 g/mol. The monoisotopic (exact) mass is 749 g/mol. The summed E-state index contributed by atoms with van der Waals surface area (Å²) in [5.74, 6) is -0.483. The van der Waals surface area contributed by atoms with E-state index in [1.807, 2.05) is 0 Å². The maximum atomic E-state index is 12.6. The first-order chi connectivity index (χ1) is 26.6. The summed E-state index contributed by atoms with van der Waals surface area (Å²) >= 11 is 0. The fourth-order valence-corrected chi connectivity index (χ4v) is 5.47. The van der Waals surface area contributed by atoms with Gasteiger partial charge in [0.05, 0.1) is 13.2 Å². The Morgan fingerprint density at radius 3 is 1.33 bits per heavy atom. The third-order valence-electron chi connectivity index (χ3n) is 8.63. The highest BCUT2D eigenvalue weighted by molar-refractivity contribution is 5.70. The lowest BCUT2D eigenvalue weighted by atomic mass is 10.1. The molecule has 306 valence electrons. The number of carbonyl (C=O) groups excluding carboxylic acids is 2. The molecule has 0 bridgehead atoms. The number of hydrogen-bond donors (Lipinski definition) is 0. The maximum Gasteiger partial charge on any atom is 0.306 e. The number of allylic oxidation sites excluding steroid dienone is 15. The molecule has 5 heteroatoms. The predicted octanol–water partition coefficient (Wildman–Crippen LogP) is 14.3. The first-order valence-corrected chi connectivity index (χ1v) is 21.8. The van der Waals surface area contributed by atoms with Crippen LogP contribution in [0.3, 0.4) is 0 Å². The normalized spacial score (nSPS) is 13.2. The number of ether oxygens (including phenoxy) is 3. The summed E-state index contributed by atoms with van der Waals surface area (Å²) < 4.78 is 17.1. The summed E-state index contributed by atoms with van der Waals surface area (Å²) in [6.45, 7) is 7.32. The molecule has 0 spiro atoms. The largest absolute Gasteiger partial charge is 0.462 e. The molecule has 0 aromatic carbocycles. The Labute approximate surface area is 332 Å². The molecule has 0 aliphatic rings. The zero-order chi connectivity index (χ0) is 39.3. The van der Waals surface area contributed by atoms with Crippen LogP contribution in [0.1, 0.15) is 175 Å². The fraction of sp³-hybridized carbons (Fsp3) is 0.633. The van der Waals surface area contributed by atoms with Crippen LogP contribution in [-0.2, 0) is 23.8 Å². The van der Waals surface area contributed by atoms with Crippen LogP contribution in [0.15, 0.2) is 97.2 Å². The van der Waals surface area contributed by atoms with Crippen LogP contribution in [0.25, 0.3) is 0 Å². The van der Waals surface area contributed by atoms with Crippen molar-refractivity contribution in [3.05, 3.63) is 97.2 Å².